The molecule has 1 aromatic rings. The maximum absolute atomic E-state index is 12.3. The number of benzene rings is 1. The molecule has 1 saturated heterocycles. The van der Waals surface area contributed by atoms with Crippen molar-refractivity contribution in [3.8, 4) is 0 Å². The second-order valence-corrected chi connectivity index (χ2v) is 7.33. The molecule has 0 unspecified atom stereocenters. The van der Waals surface area contributed by atoms with E-state index in [1.165, 1.54) is 0 Å². The largest absolute Gasteiger partial charge is 0.430 e. The van der Waals surface area contributed by atoms with Gasteiger partial charge in [-0.2, -0.15) is 0 Å². The van der Waals surface area contributed by atoms with E-state index in [0.29, 0.717) is 6.42 Å². The molecular weight excluding hydrogens is 344 g/mol. The molecular formula is C20H28N4O3. The minimum atomic E-state index is -0.881. The summed E-state index contributed by atoms with van der Waals surface area (Å²) < 4.78 is 0. The van der Waals surface area contributed by atoms with Crippen LogP contribution in [0.15, 0.2) is 35.5 Å². The topological polar surface area (TPSA) is 97.0 Å². The van der Waals surface area contributed by atoms with Crippen LogP contribution >= 0.6 is 0 Å². The summed E-state index contributed by atoms with van der Waals surface area (Å²) in [4.78, 5) is 30.2. The van der Waals surface area contributed by atoms with Crippen LogP contribution in [0.25, 0.3) is 0 Å². The number of nitrogens with zero attached hydrogens (tertiary/aromatic N) is 2. The lowest BCUT2D eigenvalue weighted by Crippen LogP contribution is -2.42. The second-order valence-electron chi connectivity index (χ2n) is 7.33. The van der Waals surface area contributed by atoms with Crippen LogP contribution in [0.4, 0.5) is 4.79 Å². The predicted molar refractivity (Wildman–Crippen MR) is 103 cm³/mol. The zero-order valence-electron chi connectivity index (χ0n) is 15.6. The van der Waals surface area contributed by atoms with Crippen molar-refractivity contribution in [2.24, 2.45) is 16.8 Å². The number of likely N-dealkylation sites (tertiary alicyclic amines) is 1. The fraction of sp³-hybridized carbons (Fsp3) is 0.550. The van der Waals surface area contributed by atoms with Gasteiger partial charge in [-0.05, 0) is 44.1 Å². The molecule has 0 atom stereocenters. The molecule has 7 heteroatoms. The average Bonchev–Trinajstić information content (AvgIpc) is 3.18. The molecule has 7 nitrogen and oxygen atoms in total. The third kappa shape index (κ3) is 5.70. The number of primary amides is 1. The minimum Gasteiger partial charge on any atom is -0.357 e. The summed E-state index contributed by atoms with van der Waals surface area (Å²) in [5, 5.41) is 7.20. The zero-order valence-corrected chi connectivity index (χ0v) is 15.6. The van der Waals surface area contributed by atoms with E-state index in [4.69, 9.17) is 10.6 Å². The molecule has 2 amide bonds. The van der Waals surface area contributed by atoms with Crippen LogP contribution in [-0.4, -0.2) is 41.9 Å². The van der Waals surface area contributed by atoms with Crippen LogP contribution in [-0.2, 0) is 16.1 Å². The van der Waals surface area contributed by atoms with Crippen molar-refractivity contribution in [2.75, 3.05) is 13.1 Å². The number of rotatable bonds is 5. The van der Waals surface area contributed by atoms with Crippen LogP contribution in [0.3, 0.4) is 0 Å². The highest BCUT2D eigenvalue weighted by molar-refractivity contribution is 5.85. The fourth-order valence-electron chi connectivity index (χ4n) is 3.98. The Kier molecular flexibility index (Phi) is 6.68. The van der Waals surface area contributed by atoms with Crippen molar-refractivity contribution in [3.05, 3.63) is 35.9 Å². The molecule has 0 bridgehead atoms. The summed E-state index contributed by atoms with van der Waals surface area (Å²) in [6.45, 7) is 1.88. The predicted octanol–water partition coefficient (Wildman–Crippen LogP) is 2.41. The summed E-state index contributed by atoms with van der Waals surface area (Å²) in [6.07, 6.45) is 5.40. The van der Waals surface area contributed by atoms with Crippen molar-refractivity contribution < 1.29 is 14.4 Å². The first kappa shape index (κ1) is 19.2. The molecule has 146 valence electrons. The maximum Gasteiger partial charge on any atom is 0.430 e. The van der Waals surface area contributed by atoms with E-state index in [9.17, 15) is 9.59 Å². The second kappa shape index (κ2) is 9.39. The number of hydrogen-bond acceptors (Lipinski definition) is 4. The lowest BCUT2D eigenvalue weighted by atomic mass is 9.84. The van der Waals surface area contributed by atoms with Gasteiger partial charge in [0.05, 0.1) is 6.42 Å². The Bertz CT molecular complexity index is 663. The monoisotopic (exact) mass is 372 g/mol. The van der Waals surface area contributed by atoms with Gasteiger partial charge in [0.1, 0.15) is 5.84 Å². The van der Waals surface area contributed by atoms with Gasteiger partial charge in [-0.1, -0.05) is 35.5 Å². The number of amides is 2. The van der Waals surface area contributed by atoms with Crippen LogP contribution in [0.2, 0.25) is 0 Å². The Labute approximate surface area is 159 Å². The van der Waals surface area contributed by atoms with Gasteiger partial charge in [-0.25, -0.2) is 4.79 Å². The molecule has 0 spiro atoms. The van der Waals surface area contributed by atoms with Crippen LogP contribution in [0.1, 0.15) is 44.1 Å². The highest BCUT2D eigenvalue weighted by Gasteiger charge is 2.30. The Morgan fingerprint density at radius 2 is 1.78 bits per heavy atom. The van der Waals surface area contributed by atoms with E-state index >= 15 is 0 Å². The van der Waals surface area contributed by atoms with Gasteiger partial charge in [-0.3, -0.25) is 9.63 Å². The summed E-state index contributed by atoms with van der Waals surface area (Å²) in [7, 11) is 0. The maximum atomic E-state index is 12.3. The third-order valence-electron chi connectivity index (χ3n) is 5.32. The van der Waals surface area contributed by atoms with Gasteiger partial charge in [-0.15, -0.1) is 0 Å². The van der Waals surface area contributed by atoms with E-state index in [-0.39, 0.29) is 17.9 Å². The number of carbonyl (C=O) groups excluding carboxylic acids is 2. The normalized spacial score (nSPS) is 23.1. The minimum absolute atomic E-state index is 0.0649. The van der Waals surface area contributed by atoms with E-state index < -0.39 is 6.09 Å². The van der Waals surface area contributed by atoms with Gasteiger partial charge in [0.25, 0.3) is 0 Å². The lowest BCUT2D eigenvalue weighted by Gasteiger charge is -2.32. The van der Waals surface area contributed by atoms with Gasteiger partial charge in [0.2, 0.25) is 5.91 Å². The summed E-state index contributed by atoms with van der Waals surface area (Å²) in [5.74, 6) is 1.14. The smallest absolute Gasteiger partial charge is 0.357 e. The lowest BCUT2D eigenvalue weighted by molar-refractivity contribution is -0.121. The SMILES string of the molecule is NC(=O)ON=C(C1CCC(NC(=O)Cc2ccccc2)CC1)N1CCCC1. The molecule has 0 radical (unpaired) electrons. The zero-order chi connectivity index (χ0) is 19.1. The number of hydrogen-bond donors (Lipinski definition) is 2. The van der Waals surface area contributed by atoms with E-state index in [1.54, 1.807) is 0 Å². The van der Waals surface area contributed by atoms with Gasteiger partial charge in [0.15, 0.2) is 0 Å². The highest BCUT2D eigenvalue weighted by Crippen LogP contribution is 2.28. The summed E-state index contributed by atoms with van der Waals surface area (Å²) in [6, 6.07) is 9.96. The van der Waals surface area contributed by atoms with Crippen molar-refractivity contribution in [1.29, 1.82) is 0 Å². The summed E-state index contributed by atoms with van der Waals surface area (Å²) in [5.41, 5.74) is 6.10. The van der Waals surface area contributed by atoms with Gasteiger partial charge in [0, 0.05) is 25.0 Å². The van der Waals surface area contributed by atoms with Crippen LogP contribution in [0, 0.1) is 5.92 Å². The van der Waals surface area contributed by atoms with Crippen molar-refractivity contribution in [3.63, 3.8) is 0 Å². The molecule has 1 aromatic carbocycles. The molecule has 2 fully saturated rings. The van der Waals surface area contributed by atoms with Crippen molar-refractivity contribution in [2.45, 2.75) is 51.0 Å². The molecule has 1 saturated carbocycles. The Morgan fingerprint density at radius 1 is 1.11 bits per heavy atom. The number of amidine groups is 1. The fourth-order valence-corrected chi connectivity index (χ4v) is 3.98. The molecule has 1 aliphatic heterocycles. The number of carbonyl (C=O) groups is 2. The third-order valence-corrected chi connectivity index (χ3v) is 5.32. The first-order valence-electron chi connectivity index (χ1n) is 9.74. The van der Waals surface area contributed by atoms with Crippen molar-refractivity contribution in [1.82, 2.24) is 10.2 Å². The first-order chi connectivity index (χ1) is 13.1. The van der Waals surface area contributed by atoms with Crippen LogP contribution < -0.4 is 11.1 Å². The molecule has 0 aromatic heterocycles. The molecule has 3 N–H and O–H groups in total. The van der Waals surface area contributed by atoms with E-state index in [1.807, 2.05) is 30.3 Å². The van der Waals surface area contributed by atoms with E-state index in [2.05, 4.69) is 15.4 Å². The van der Waals surface area contributed by atoms with Gasteiger partial charge < -0.3 is 16.0 Å². The quantitative estimate of drug-likeness (QED) is 0.359. The number of oxime groups is 1. The number of nitrogens with two attached hydrogens (primary N) is 1. The number of nitrogens with one attached hydrogen (secondary N) is 1. The van der Waals surface area contributed by atoms with Gasteiger partial charge >= 0.3 is 6.09 Å². The standard InChI is InChI=1S/C20H28N4O3/c21-20(26)27-23-19(24-12-4-5-13-24)16-8-10-17(11-9-16)22-18(25)14-15-6-2-1-3-7-15/h1-3,6-7,16-17H,4-5,8-14H2,(H2,21,26)(H,22,25). The molecule has 1 aliphatic carbocycles. The Hall–Kier alpha value is -2.57. The Morgan fingerprint density at radius 3 is 2.41 bits per heavy atom. The van der Waals surface area contributed by atoms with Crippen molar-refractivity contribution >= 4 is 17.8 Å². The first-order valence-corrected chi connectivity index (χ1v) is 9.74. The molecule has 3 rings (SSSR count). The molecule has 1 heterocycles. The van der Waals surface area contributed by atoms with E-state index in [0.717, 1.165) is 63.0 Å². The summed E-state index contributed by atoms with van der Waals surface area (Å²) >= 11 is 0. The van der Waals surface area contributed by atoms with Crippen LogP contribution in [0.5, 0.6) is 0 Å². The molecule has 27 heavy (non-hydrogen) atoms. The Balaban J connectivity index is 1.51. The average molecular weight is 372 g/mol. The molecule has 2 aliphatic rings. The highest BCUT2D eigenvalue weighted by atomic mass is 16.7.